The number of hydrogen-bond donors (Lipinski definition) is 0. The minimum Gasteiger partial charge on any atom is -0.279 e. The van der Waals surface area contributed by atoms with E-state index in [9.17, 15) is 9.59 Å². The first-order valence-electron chi connectivity index (χ1n) is 8.32. The first-order valence-corrected chi connectivity index (χ1v) is 8.32. The zero-order valence-electron chi connectivity index (χ0n) is 11.7. The molecule has 0 aromatic carbocycles. The van der Waals surface area contributed by atoms with Crippen molar-refractivity contribution in [1.82, 2.24) is 4.90 Å². The molecule has 0 spiro atoms. The van der Waals surface area contributed by atoms with Gasteiger partial charge in [0.15, 0.2) is 0 Å². The average Bonchev–Trinajstić information content (AvgIpc) is 3.25. The Kier molecular flexibility index (Phi) is 2.16. The number of amides is 2. The van der Waals surface area contributed by atoms with Crippen molar-refractivity contribution in [3.05, 3.63) is 12.2 Å². The van der Waals surface area contributed by atoms with Gasteiger partial charge < -0.3 is 0 Å². The molecular formula is C17H21NO2. The van der Waals surface area contributed by atoms with Gasteiger partial charge in [-0.1, -0.05) is 31.4 Å². The summed E-state index contributed by atoms with van der Waals surface area (Å²) < 4.78 is 0. The Labute approximate surface area is 119 Å². The van der Waals surface area contributed by atoms with Crippen LogP contribution in [0.25, 0.3) is 0 Å². The second-order valence-corrected chi connectivity index (χ2v) is 7.49. The van der Waals surface area contributed by atoms with Gasteiger partial charge in [-0.25, -0.2) is 0 Å². The van der Waals surface area contributed by atoms with E-state index in [1.807, 2.05) is 0 Å². The molecule has 0 aromatic heterocycles. The Morgan fingerprint density at radius 1 is 0.850 bits per heavy atom. The lowest BCUT2D eigenvalue weighted by atomic mass is 9.63. The highest BCUT2D eigenvalue weighted by Gasteiger charge is 2.67. The summed E-state index contributed by atoms with van der Waals surface area (Å²) in [6.07, 6.45) is 11.4. The quantitative estimate of drug-likeness (QED) is 0.542. The van der Waals surface area contributed by atoms with Crippen molar-refractivity contribution in [2.24, 2.45) is 35.5 Å². The highest BCUT2D eigenvalue weighted by atomic mass is 16.2. The van der Waals surface area contributed by atoms with E-state index >= 15 is 0 Å². The number of carbonyl (C=O) groups excluding carboxylic acids is 2. The summed E-state index contributed by atoms with van der Waals surface area (Å²) in [4.78, 5) is 27.5. The van der Waals surface area contributed by atoms with Crippen LogP contribution in [0.2, 0.25) is 0 Å². The molecule has 1 heterocycles. The van der Waals surface area contributed by atoms with Crippen LogP contribution < -0.4 is 0 Å². The molecule has 3 heteroatoms. The zero-order valence-corrected chi connectivity index (χ0v) is 11.7. The summed E-state index contributed by atoms with van der Waals surface area (Å²) in [5.41, 5.74) is 0. The molecule has 3 nitrogen and oxygen atoms in total. The van der Waals surface area contributed by atoms with Crippen LogP contribution in [0.4, 0.5) is 0 Å². The minimum absolute atomic E-state index is 0.00294. The van der Waals surface area contributed by atoms with E-state index in [4.69, 9.17) is 0 Å². The van der Waals surface area contributed by atoms with E-state index in [2.05, 4.69) is 12.2 Å². The predicted octanol–water partition coefficient (Wildman–Crippen LogP) is 2.37. The van der Waals surface area contributed by atoms with Crippen molar-refractivity contribution < 1.29 is 9.59 Å². The van der Waals surface area contributed by atoms with Crippen molar-refractivity contribution in [1.29, 1.82) is 0 Å². The minimum atomic E-state index is 0.00294. The highest BCUT2D eigenvalue weighted by Crippen LogP contribution is 2.65. The van der Waals surface area contributed by atoms with E-state index in [1.165, 1.54) is 25.7 Å². The van der Waals surface area contributed by atoms with Crippen LogP contribution in [0.15, 0.2) is 12.2 Å². The molecule has 0 N–H and O–H groups in total. The molecule has 1 saturated heterocycles. The standard InChI is InChI=1S/C17H21NO2/c19-16-14-10-6-7-11(13-8-12(10)13)15(14)17(20)18(16)9-4-2-1-3-5-9/h6-7,9-15H,1-5,8H2/t10-,11-,12-,13+,14-,15+/m0/s1. The molecule has 20 heavy (non-hydrogen) atoms. The summed E-state index contributed by atoms with van der Waals surface area (Å²) in [5.74, 6) is 2.54. The van der Waals surface area contributed by atoms with Gasteiger partial charge in [-0.2, -0.15) is 0 Å². The van der Waals surface area contributed by atoms with Crippen molar-refractivity contribution >= 4 is 11.8 Å². The van der Waals surface area contributed by atoms with Gasteiger partial charge in [-0.3, -0.25) is 14.5 Å². The fourth-order valence-electron chi connectivity index (χ4n) is 5.68. The second-order valence-electron chi connectivity index (χ2n) is 7.49. The normalized spacial score (nSPS) is 49.5. The lowest BCUT2D eigenvalue weighted by molar-refractivity contribution is -0.143. The van der Waals surface area contributed by atoms with E-state index in [0.29, 0.717) is 23.7 Å². The van der Waals surface area contributed by atoms with Gasteiger partial charge in [0.25, 0.3) is 0 Å². The Bertz CT molecular complexity index is 483. The third-order valence-electron chi connectivity index (χ3n) is 6.64. The summed E-state index contributed by atoms with van der Waals surface area (Å²) in [6.45, 7) is 0. The molecule has 5 aliphatic carbocycles. The Morgan fingerprint density at radius 2 is 1.40 bits per heavy atom. The molecule has 1 aliphatic heterocycles. The topological polar surface area (TPSA) is 37.4 Å². The highest BCUT2D eigenvalue weighted by molar-refractivity contribution is 6.06. The average molecular weight is 271 g/mol. The monoisotopic (exact) mass is 271 g/mol. The van der Waals surface area contributed by atoms with Gasteiger partial charge in [-0.05, 0) is 42.9 Å². The number of hydrogen-bond acceptors (Lipinski definition) is 2. The van der Waals surface area contributed by atoms with E-state index in [-0.39, 0.29) is 29.7 Å². The van der Waals surface area contributed by atoms with Crippen LogP contribution in [0.1, 0.15) is 38.5 Å². The number of nitrogens with zero attached hydrogens (tertiary/aromatic N) is 1. The molecule has 0 radical (unpaired) electrons. The molecule has 6 aliphatic rings. The van der Waals surface area contributed by atoms with Gasteiger partial charge in [0.05, 0.1) is 11.8 Å². The van der Waals surface area contributed by atoms with E-state index < -0.39 is 0 Å². The van der Waals surface area contributed by atoms with Gasteiger partial charge in [0.2, 0.25) is 11.8 Å². The van der Waals surface area contributed by atoms with Crippen LogP contribution in [-0.2, 0) is 9.59 Å². The lowest BCUT2D eigenvalue weighted by Gasteiger charge is -2.37. The first kappa shape index (κ1) is 11.5. The predicted molar refractivity (Wildman–Crippen MR) is 73.4 cm³/mol. The summed E-state index contributed by atoms with van der Waals surface area (Å²) in [5, 5.41) is 0. The van der Waals surface area contributed by atoms with Crippen molar-refractivity contribution in [2.45, 2.75) is 44.6 Å². The molecule has 0 aromatic rings. The molecule has 2 amide bonds. The number of carbonyl (C=O) groups is 2. The fourth-order valence-corrected chi connectivity index (χ4v) is 5.68. The third-order valence-corrected chi connectivity index (χ3v) is 6.64. The van der Waals surface area contributed by atoms with Gasteiger partial charge >= 0.3 is 0 Å². The van der Waals surface area contributed by atoms with Crippen LogP contribution >= 0.6 is 0 Å². The van der Waals surface area contributed by atoms with E-state index in [0.717, 1.165) is 12.8 Å². The Morgan fingerprint density at radius 3 is 1.95 bits per heavy atom. The second kappa shape index (κ2) is 3.75. The lowest BCUT2D eigenvalue weighted by Crippen LogP contribution is -2.42. The number of rotatable bonds is 1. The van der Waals surface area contributed by atoms with Gasteiger partial charge in [0.1, 0.15) is 0 Å². The van der Waals surface area contributed by atoms with Crippen LogP contribution in [0.3, 0.4) is 0 Å². The largest absolute Gasteiger partial charge is 0.279 e. The SMILES string of the molecule is O=C1[C@@H]2[C@H]3C=C[C@@H]([C@@H]4C[C@H]34)[C@@H]2C(=O)N1C1CCCCC1. The first-order chi connectivity index (χ1) is 9.77. The van der Waals surface area contributed by atoms with Crippen molar-refractivity contribution in [2.75, 3.05) is 0 Å². The molecule has 6 atom stereocenters. The number of allylic oxidation sites excluding steroid dienone is 2. The maximum Gasteiger partial charge on any atom is 0.233 e. The summed E-state index contributed by atoms with van der Waals surface area (Å²) in [6, 6.07) is 0.213. The molecule has 2 bridgehead atoms. The molecule has 4 fully saturated rings. The number of imide groups is 1. The van der Waals surface area contributed by atoms with Gasteiger partial charge in [0, 0.05) is 6.04 Å². The Balaban J connectivity index is 1.50. The van der Waals surface area contributed by atoms with Crippen molar-refractivity contribution in [3.8, 4) is 0 Å². The third kappa shape index (κ3) is 1.27. The van der Waals surface area contributed by atoms with Crippen LogP contribution in [0, 0.1) is 35.5 Å². The maximum absolute atomic E-state index is 12.9. The molecule has 3 saturated carbocycles. The number of likely N-dealkylation sites (tertiary alicyclic amines) is 1. The maximum atomic E-state index is 12.9. The van der Waals surface area contributed by atoms with Crippen LogP contribution in [0.5, 0.6) is 0 Å². The molecule has 106 valence electrons. The Hall–Kier alpha value is -1.12. The summed E-state index contributed by atoms with van der Waals surface area (Å²) >= 11 is 0. The fraction of sp³-hybridized carbons (Fsp3) is 0.765. The molecule has 6 rings (SSSR count). The molecule has 0 unspecified atom stereocenters. The summed E-state index contributed by atoms with van der Waals surface area (Å²) in [7, 11) is 0. The molecular weight excluding hydrogens is 250 g/mol. The zero-order chi connectivity index (χ0) is 13.4. The smallest absolute Gasteiger partial charge is 0.233 e. The van der Waals surface area contributed by atoms with Gasteiger partial charge in [-0.15, -0.1) is 0 Å². The van der Waals surface area contributed by atoms with Crippen LogP contribution in [-0.4, -0.2) is 22.8 Å². The van der Waals surface area contributed by atoms with E-state index in [1.54, 1.807) is 4.90 Å². The van der Waals surface area contributed by atoms with Crippen molar-refractivity contribution in [3.63, 3.8) is 0 Å².